The minimum atomic E-state index is -0.200. The van der Waals surface area contributed by atoms with E-state index in [1.54, 1.807) is 19.4 Å². The van der Waals surface area contributed by atoms with E-state index in [1.165, 1.54) is 17.7 Å². The van der Waals surface area contributed by atoms with E-state index >= 15 is 0 Å². The number of carbonyl (C=O) groups excluding carboxylic acids is 1. The quantitative estimate of drug-likeness (QED) is 0.824. The number of amides is 1. The van der Waals surface area contributed by atoms with E-state index in [9.17, 15) is 9.59 Å². The fourth-order valence-electron chi connectivity index (χ4n) is 4.22. The lowest BCUT2D eigenvalue weighted by Crippen LogP contribution is -2.49. The summed E-state index contributed by atoms with van der Waals surface area (Å²) in [5.41, 5.74) is 0.231. The zero-order valence-electron chi connectivity index (χ0n) is 15.5. The standard InChI is InChI=1S/C20H23N3O4/c1-22-12-16(17(26-2)11-19(22)24)20(25)23-13-6-7-14(23)10-15(9-13)27-18-5-3-4-8-21-18/h3-5,8,11-15H,6-7,9-10H2,1-2H3. The Morgan fingerprint density at radius 1 is 1.22 bits per heavy atom. The highest BCUT2D eigenvalue weighted by atomic mass is 16.5. The van der Waals surface area contributed by atoms with Crippen LogP contribution in [0.5, 0.6) is 11.6 Å². The predicted molar refractivity (Wildman–Crippen MR) is 99.1 cm³/mol. The number of aromatic nitrogens is 2. The van der Waals surface area contributed by atoms with Gasteiger partial charge in [0, 0.05) is 56.5 Å². The third-order valence-electron chi connectivity index (χ3n) is 5.49. The Morgan fingerprint density at radius 2 is 1.96 bits per heavy atom. The molecule has 7 nitrogen and oxygen atoms in total. The average molecular weight is 369 g/mol. The number of carbonyl (C=O) groups is 1. The maximum Gasteiger partial charge on any atom is 0.259 e. The molecular formula is C20H23N3O4. The highest BCUT2D eigenvalue weighted by Crippen LogP contribution is 2.38. The molecule has 0 radical (unpaired) electrons. The van der Waals surface area contributed by atoms with Crippen LogP contribution in [0.25, 0.3) is 0 Å². The van der Waals surface area contributed by atoms with E-state index in [0.717, 1.165) is 25.7 Å². The van der Waals surface area contributed by atoms with Crippen molar-refractivity contribution in [2.24, 2.45) is 7.05 Å². The molecule has 2 fully saturated rings. The van der Waals surface area contributed by atoms with Crippen LogP contribution in [0.15, 0.2) is 41.5 Å². The van der Waals surface area contributed by atoms with Gasteiger partial charge in [-0.1, -0.05) is 6.07 Å². The van der Waals surface area contributed by atoms with E-state index in [2.05, 4.69) is 4.98 Å². The Hall–Kier alpha value is -2.83. The maximum absolute atomic E-state index is 13.2. The van der Waals surface area contributed by atoms with Crippen LogP contribution in [0, 0.1) is 0 Å². The Balaban J connectivity index is 1.54. The second-order valence-electron chi connectivity index (χ2n) is 7.18. The van der Waals surface area contributed by atoms with Crippen molar-refractivity contribution in [1.82, 2.24) is 14.5 Å². The van der Waals surface area contributed by atoms with Crippen molar-refractivity contribution < 1.29 is 14.3 Å². The number of fused-ring (bicyclic) bond motifs is 2. The summed E-state index contributed by atoms with van der Waals surface area (Å²) in [6, 6.07) is 7.25. The first-order chi connectivity index (χ1) is 13.1. The summed E-state index contributed by atoms with van der Waals surface area (Å²) >= 11 is 0. The van der Waals surface area contributed by atoms with Crippen LogP contribution in [-0.4, -0.2) is 45.7 Å². The molecule has 0 N–H and O–H groups in total. The molecule has 2 atom stereocenters. The molecule has 142 valence electrons. The summed E-state index contributed by atoms with van der Waals surface area (Å²) in [5.74, 6) is 0.877. The van der Waals surface area contributed by atoms with Crippen molar-refractivity contribution >= 4 is 5.91 Å². The number of hydrogen-bond acceptors (Lipinski definition) is 5. The highest BCUT2D eigenvalue weighted by Gasteiger charge is 2.45. The summed E-state index contributed by atoms with van der Waals surface area (Å²) in [6.45, 7) is 0. The molecule has 27 heavy (non-hydrogen) atoms. The lowest BCUT2D eigenvalue weighted by Gasteiger charge is -2.39. The number of methoxy groups -OCH3 is 1. The van der Waals surface area contributed by atoms with Gasteiger partial charge in [0.25, 0.3) is 11.5 Å². The van der Waals surface area contributed by atoms with Crippen LogP contribution in [0.1, 0.15) is 36.0 Å². The van der Waals surface area contributed by atoms with E-state index in [1.807, 2.05) is 23.1 Å². The molecule has 0 aliphatic carbocycles. The SMILES string of the molecule is COc1cc(=O)n(C)cc1C(=O)N1C2CCC1CC(Oc1ccccn1)C2. The average Bonchev–Trinajstić information content (AvgIpc) is 2.94. The number of rotatable bonds is 4. The third kappa shape index (κ3) is 3.29. The molecule has 0 saturated carbocycles. The highest BCUT2D eigenvalue weighted by molar-refractivity contribution is 5.97. The molecule has 4 heterocycles. The van der Waals surface area contributed by atoms with Crippen LogP contribution in [0.3, 0.4) is 0 Å². The van der Waals surface area contributed by atoms with Crippen LogP contribution in [-0.2, 0) is 7.05 Å². The van der Waals surface area contributed by atoms with E-state index in [-0.39, 0.29) is 29.7 Å². The normalized spacial score (nSPS) is 23.9. The minimum absolute atomic E-state index is 0.0588. The van der Waals surface area contributed by atoms with Gasteiger partial charge in [0.15, 0.2) is 0 Å². The van der Waals surface area contributed by atoms with Gasteiger partial charge in [-0.3, -0.25) is 9.59 Å². The topological polar surface area (TPSA) is 73.7 Å². The molecule has 2 aliphatic rings. The van der Waals surface area contributed by atoms with Gasteiger partial charge >= 0.3 is 0 Å². The summed E-state index contributed by atoms with van der Waals surface area (Å²) in [5, 5.41) is 0. The number of nitrogens with zero attached hydrogens (tertiary/aromatic N) is 3. The smallest absolute Gasteiger partial charge is 0.259 e. The molecule has 2 unspecified atom stereocenters. The number of hydrogen-bond donors (Lipinski definition) is 0. The zero-order chi connectivity index (χ0) is 19.0. The first-order valence-electron chi connectivity index (χ1n) is 9.22. The minimum Gasteiger partial charge on any atom is -0.496 e. The second-order valence-corrected chi connectivity index (χ2v) is 7.18. The van der Waals surface area contributed by atoms with Gasteiger partial charge in [-0.15, -0.1) is 0 Å². The largest absolute Gasteiger partial charge is 0.496 e. The number of piperidine rings is 1. The van der Waals surface area contributed by atoms with Gasteiger partial charge in [-0.25, -0.2) is 4.98 Å². The third-order valence-corrected chi connectivity index (χ3v) is 5.49. The van der Waals surface area contributed by atoms with Gasteiger partial charge in [0.2, 0.25) is 5.88 Å². The van der Waals surface area contributed by atoms with Crippen LogP contribution < -0.4 is 15.0 Å². The predicted octanol–water partition coefficient (Wildman–Crippen LogP) is 2.00. The summed E-state index contributed by atoms with van der Waals surface area (Å²) in [4.78, 5) is 31.3. The van der Waals surface area contributed by atoms with Gasteiger partial charge in [0.1, 0.15) is 11.9 Å². The van der Waals surface area contributed by atoms with Crippen molar-refractivity contribution in [2.75, 3.05) is 7.11 Å². The van der Waals surface area contributed by atoms with Crippen LogP contribution in [0.2, 0.25) is 0 Å². The number of pyridine rings is 2. The summed E-state index contributed by atoms with van der Waals surface area (Å²) in [7, 11) is 3.12. The van der Waals surface area contributed by atoms with Crippen molar-refractivity contribution in [3.63, 3.8) is 0 Å². The van der Waals surface area contributed by atoms with Crippen molar-refractivity contribution in [1.29, 1.82) is 0 Å². The van der Waals surface area contributed by atoms with Crippen LogP contribution in [0.4, 0.5) is 0 Å². The lowest BCUT2D eigenvalue weighted by molar-refractivity contribution is 0.0345. The maximum atomic E-state index is 13.2. The number of aryl methyl sites for hydroxylation is 1. The molecule has 4 rings (SSSR count). The molecular weight excluding hydrogens is 346 g/mol. The molecule has 7 heteroatoms. The molecule has 2 aromatic heterocycles. The van der Waals surface area contributed by atoms with E-state index in [0.29, 0.717) is 17.2 Å². The molecule has 2 aliphatic heterocycles. The first-order valence-corrected chi connectivity index (χ1v) is 9.22. The molecule has 2 bridgehead atoms. The first kappa shape index (κ1) is 17.6. The summed E-state index contributed by atoms with van der Waals surface area (Å²) in [6.07, 6.45) is 6.84. The molecule has 2 saturated heterocycles. The lowest BCUT2D eigenvalue weighted by atomic mass is 9.98. The van der Waals surface area contributed by atoms with Crippen molar-refractivity contribution in [2.45, 2.75) is 43.9 Å². The van der Waals surface area contributed by atoms with E-state index in [4.69, 9.17) is 9.47 Å². The van der Waals surface area contributed by atoms with Gasteiger partial charge < -0.3 is 18.9 Å². The van der Waals surface area contributed by atoms with Crippen molar-refractivity contribution in [3.8, 4) is 11.6 Å². The Bertz CT molecular complexity index is 882. The van der Waals surface area contributed by atoms with Gasteiger partial charge in [-0.2, -0.15) is 0 Å². The summed E-state index contributed by atoms with van der Waals surface area (Å²) < 4.78 is 12.7. The Morgan fingerprint density at radius 3 is 2.59 bits per heavy atom. The second kappa shape index (κ2) is 7.06. The zero-order valence-corrected chi connectivity index (χ0v) is 15.5. The fraction of sp³-hybridized carbons (Fsp3) is 0.450. The van der Waals surface area contributed by atoms with Crippen molar-refractivity contribution in [3.05, 3.63) is 52.6 Å². The van der Waals surface area contributed by atoms with Gasteiger partial charge in [0.05, 0.1) is 12.7 Å². The Kier molecular flexibility index (Phi) is 4.59. The van der Waals surface area contributed by atoms with Crippen LogP contribution >= 0.6 is 0 Å². The molecule has 2 aromatic rings. The Labute approximate surface area is 157 Å². The molecule has 1 amide bonds. The molecule has 0 spiro atoms. The monoisotopic (exact) mass is 369 g/mol. The van der Waals surface area contributed by atoms with E-state index < -0.39 is 0 Å². The number of ether oxygens (including phenoxy) is 2. The molecule has 0 aromatic carbocycles. The van der Waals surface area contributed by atoms with Gasteiger partial charge in [-0.05, 0) is 18.9 Å². The fourth-order valence-corrected chi connectivity index (χ4v) is 4.22.